The number of hydrogen-bond acceptors (Lipinski definition) is 2. The second kappa shape index (κ2) is 6.06. The van der Waals surface area contributed by atoms with Crippen molar-refractivity contribution in [3.8, 4) is 0 Å². The van der Waals surface area contributed by atoms with Crippen LogP contribution in [0.25, 0.3) is 0 Å². The third-order valence-electron chi connectivity index (χ3n) is 1.96. The molecule has 1 atom stereocenters. The van der Waals surface area contributed by atoms with Crippen LogP contribution in [0.4, 0.5) is 0 Å². The van der Waals surface area contributed by atoms with Gasteiger partial charge in [0, 0.05) is 6.42 Å². The van der Waals surface area contributed by atoms with Gasteiger partial charge in [-0.2, -0.15) is 0 Å². The van der Waals surface area contributed by atoms with Gasteiger partial charge in [-0.3, -0.25) is 0 Å². The first-order chi connectivity index (χ1) is 5.93. The molecule has 0 radical (unpaired) electrons. The van der Waals surface area contributed by atoms with Crippen LogP contribution in [0.1, 0.15) is 39.0 Å². The molecule has 1 unspecified atom stereocenters. The lowest BCUT2D eigenvalue weighted by molar-refractivity contribution is -0.103. The second-order valence-corrected chi connectivity index (χ2v) is 3.09. The van der Waals surface area contributed by atoms with Crippen LogP contribution < -0.4 is 0 Å². The Hall–Kier alpha value is -0.500. The fourth-order valence-electron chi connectivity index (χ4n) is 1.23. The molecule has 0 N–H and O–H groups in total. The van der Waals surface area contributed by atoms with E-state index in [0.29, 0.717) is 0 Å². The van der Waals surface area contributed by atoms with Gasteiger partial charge in [-0.15, -0.1) is 0 Å². The topological polar surface area (TPSA) is 18.5 Å². The molecule has 0 spiro atoms. The summed E-state index contributed by atoms with van der Waals surface area (Å²) in [6.45, 7) is 3.00. The van der Waals surface area contributed by atoms with Crippen molar-refractivity contribution < 1.29 is 9.47 Å². The van der Waals surface area contributed by atoms with Crippen molar-refractivity contribution in [2.75, 3.05) is 6.61 Å². The molecule has 70 valence electrons. The lowest BCUT2D eigenvalue weighted by Gasteiger charge is -2.14. The zero-order chi connectivity index (χ0) is 8.65. The van der Waals surface area contributed by atoms with Crippen molar-refractivity contribution in [2.45, 2.75) is 45.3 Å². The Morgan fingerprint density at radius 1 is 1.42 bits per heavy atom. The van der Waals surface area contributed by atoms with Gasteiger partial charge in [-0.1, -0.05) is 19.8 Å². The van der Waals surface area contributed by atoms with Crippen LogP contribution in [-0.4, -0.2) is 12.9 Å². The summed E-state index contributed by atoms with van der Waals surface area (Å²) < 4.78 is 10.8. The number of hydrogen-bond donors (Lipinski definition) is 0. The van der Waals surface area contributed by atoms with Crippen LogP contribution in [0, 0.1) is 0 Å². The quantitative estimate of drug-likeness (QED) is 0.604. The predicted molar refractivity (Wildman–Crippen MR) is 48.7 cm³/mol. The van der Waals surface area contributed by atoms with E-state index < -0.39 is 0 Å². The third kappa shape index (κ3) is 3.77. The first-order valence-corrected chi connectivity index (χ1v) is 4.85. The fourth-order valence-corrected chi connectivity index (χ4v) is 1.23. The zero-order valence-corrected chi connectivity index (χ0v) is 7.79. The summed E-state index contributed by atoms with van der Waals surface area (Å²) in [5.41, 5.74) is 0. The van der Waals surface area contributed by atoms with E-state index in [-0.39, 0.29) is 6.29 Å². The number of ether oxygens (including phenoxy) is 2. The minimum absolute atomic E-state index is 0.00954. The highest BCUT2D eigenvalue weighted by atomic mass is 16.7. The Kier molecular flexibility index (Phi) is 4.85. The van der Waals surface area contributed by atoms with E-state index in [1.54, 1.807) is 6.26 Å². The summed E-state index contributed by atoms with van der Waals surface area (Å²) in [5.74, 6) is 0. The molecule has 0 bridgehead atoms. The second-order valence-electron chi connectivity index (χ2n) is 3.09. The molecule has 0 aromatic heterocycles. The molecule has 0 fully saturated rings. The highest BCUT2D eigenvalue weighted by Gasteiger charge is 2.08. The van der Waals surface area contributed by atoms with Gasteiger partial charge in [0.25, 0.3) is 0 Å². The molecule has 1 rings (SSSR count). The van der Waals surface area contributed by atoms with E-state index in [0.717, 1.165) is 19.4 Å². The summed E-state index contributed by atoms with van der Waals surface area (Å²) in [7, 11) is 0. The molecule has 0 amide bonds. The Bertz CT molecular complexity index is 132. The van der Waals surface area contributed by atoms with Crippen LogP contribution in [0.15, 0.2) is 12.3 Å². The van der Waals surface area contributed by atoms with Gasteiger partial charge >= 0.3 is 0 Å². The predicted octanol–water partition coefficient (Wildman–Crippen LogP) is 2.84. The molecule has 0 aliphatic carbocycles. The van der Waals surface area contributed by atoms with Crippen LogP contribution in [0.3, 0.4) is 0 Å². The largest absolute Gasteiger partial charge is 0.473 e. The van der Waals surface area contributed by atoms with Crippen molar-refractivity contribution >= 4 is 0 Å². The van der Waals surface area contributed by atoms with Gasteiger partial charge in [0.1, 0.15) is 0 Å². The molecule has 12 heavy (non-hydrogen) atoms. The maximum absolute atomic E-state index is 5.46. The maximum Gasteiger partial charge on any atom is 0.198 e. The highest BCUT2D eigenvalue weighted by molar-refractivity contribution is 4.75. The standard InChI is InChI=1S/C10H18O2/c1-2-3-4-7-10-11-8-5-6-9-12-10/h5,8,10H,2-4,6-7,9H2,1H3. The SMILES string of the molecule is CCCCCC1OC=CCCO1. The van der Waals surface area contributed by atoms with Crippen molar-refractivity contribution in [2.24, 2.45) is 0 Å². The summed E-state index contributed by atoms with van der Waals surface area (Å²) in [6.07, 6.45) is 9.52. The Balaban J connectivity index is 2.09. The normalized spacial score (nSPS) is 23.2. The van der Waals surface area contributed by atoms with Crippen molar-refractivity contribution in [1.82, 2.24) is 0 Å². The fraction of sp³-hybridized carbons (Fsp3) is 0.800. The number of rotatable bonds is 4. The Morgan fingerprint density at radius 2 is 2.33 bits per heavy atom. The van der Waals surface area contributed by atoms with Crippen molar-refractivity contribution in [3.05, 3.63) is 12.3 Å². The van der Waals surface area contributed by atoms with Gasteiger partial charge in [-0.05, 0) is 18.9 Å². The first kappa shape index (κ1) is 9.59. The van der Waals surface area contributed by atoms with E-state index in [4.69, 9.17) is 9.47 Å². The maximum atomic E-state index is 5.46. The summed E-state index contributed by atoms with van der Waals surface area (Å²) >= 11 is 0. The third-order valence-corrected chi connectivity index (χ3v) is 1.96. The molecule has 1 aliphatic rings. The van der Waals surface area contributed by atoms with Gasteiger partial charge in [-0.25, -0.2) is 0 Å². The Labute approximate surface area is 74.6 Å². The van der Waals surface area contributed by atoms with Gasteiger partial charge in [0.2, 0.25) is 0 Å². The monoisotopic (exact) mass is 170 g/mol. The van der Waals surface area contributed by atoms with E-state index in [1.165, 1.54) is 19.3 Å². The zero-order valence-electron chi connectivity index (χ0n) is 7.79. The average molecular weight is 170 g/mol. The van der Waals surface area contributed by atoms with Gasteiger partial charge in [0.15, 0.2) is 6.29 Å². The minimum Gasteiger partial charge on any atom is -0.473 e. The molecular formula is C10H18O2. The highest BCUT2D eigenvalue weighted by Crippen LogP contribution is 2.11. The van der Waals surface area contributed by atoms with Gasteiger partial charge in [0.05, 0.1) is 12.9 Å². The molecule has 0 aromatic rings. The first-order valence-electron chi connectivity index (χ1n) is 4.85. The molecule has 0 saturated heterocycles. The molecule has 0 saturated carbocycles. The smallest absolute Gasteiger partial charge is 0.198 e. The molecule has 0 aromatic carbocycles. The molecule has 2 nitrogen and oxygen atoms in total. The van der Waals surface area contributed by atoms with Crippen LogP contribution >= 0.6 is 0 Å². The molecule has 1 aliphatic heterocycles. The average Bonchev–Trinajstić information content (AvgIpc) is 2.33. The van der Waals surface area contributed by atoms with E-state index in [9.17, 15) is 0 Å². The molecule has 1 heterocycles. The summed E-state index contributed by atoms with van der Waals surface area (Å²) in [4.78, 5) is 0. The number of unbranched alkanes of at least 4 members (excludes halogenated alkanes) is 2. The van der Waals surface area contributed by atoms with E-state index >= 15 is 0 Å². The van der Waals surface area contributed by atoms with E-state index in [2.05, 4.69) is 6.92 Å². The van der Waals surface area contributed by atoms with Crippen LogP contribution in [0.5, 0.6) is 0 Å². The lowest BCUT2D eigenvalue weighted by Crippen LogP contribution is -2.13. The van der Waals surface area contributed by atoms with Gasteiger partial charge < -0.3 is 9.47 Å². The van der Waals surface area contributed by atoms with E-state index in [1.807, 2.05) is 6.08 Å². The van der Waals surface area contributed by atoms with Crippen LogP contribution in [0.2, 0.25) is 0 Å². The van der Waals surface area contributed by atoms with Crippen molar-refractivity contribution in [3.63, 3.8) is 0 Å². The molecule has 2 heteroatoms. The minimum atomic E-state index is 0.00954. The molecular weight excluding hydrogens is 152 g/mol. The Morgan fingerprint density at radius 3 is 3.17 bits per heavy atom. The van der Waals surface area contributed by atoms with Crippen molar-refractivity contribution in [1.29, 1.82) is 0 Å². The van der Waals surface area contributed by atoms with Crippen LogP contribution in [-0.2, 0) is 9.47 Å². The summed E-state index contributed by atoms with van der Waals surface area (Å²) in [6, 6.07) is 0. The summed E-state index contributed by atoms with van der Waals surface area (Å²) in [5, 5.41) is 0. The lowest BCUT2D eigenvalue weighted by atomic mass is 10.2.